The van der Waals surface area contributed by atoms with Crippen molar-refractivity contribution in [3.8, 4) is 0 Å². The Bertz CT molecular complexity index is 495. The highest BCUT2D eigenvalue weighted by atomic mass is 15.3. The van der Waals surface area contributed by atoms with E-state index in [1.165, 1.54) is 0 Å². The molecular formula is C11H17N5. The first-order valence-electron chi connectivity index (χ1n) is 5.34. The zero-order valence-corrected chi connectivity index (χ0v) is 10.2. The largest absolute Gasteiger partial charge is 0.369 e. The van der Waals surface area contributed by atoms with E-state index < -0.39 is 0 Å². The summed E-state index contributed by atoms with van der Waals surface area (Å²) in [5, 5.41) is 8.48. The smallest absolute Gasteiger partial charge is 0.163 e. The first kappa shape index (κ1) is 10.9. The van der Waals surface area contributed by atoms with Crippen LogP contribution in [-0.2, 0) is 7.05 Å². The van der Waals surface area contributed by atoms with Gasteiger partial charge in [0.25, 0.3) is 0 Å². The maximum absolute atomic E-state index is 4.25. The van der Waals surface area contributed by atoms with Gasteiger partial charge in [-0.05, 0) is 5.41 Å². The van der Waals surface area contributed by atoms with Gasteiger partial charge in [-0.15, -0.1) is 0 Å². The molecule has 5 nitrogen and oxygen atoms in total. The van der Waals surface area contributed by atoms with Crippen LogP contribution in [0.2, 0.25) is 0 Å². The fourth-order valence-electron chi connectivity index (χ4n) is 1.45. The normalized spacial score (nSPS) is 12.0. The second kappa shape index (κ2) is 3.73. The number of aryl methyl sites for hydroxylation is 1. The molecule has 0 bridgehead atoms. The SMILES string of the molecule is Cn1ncc2c(NCC(C)(C)C)ncnc21. The van der Waals surface area contributed by atoms with E-state index >= 15 is 0 Å². The van der Waals surface area contributed by atoms with Crippen LogP contribution >= 0.6 is 0 Å². The van der Waals surface area contributed by atoms with Crippen LogP contribution in [0.15, 0.2) is 12.5 Å². The van der Waals surface area contributed by atoms with Crippen LogP contribution in [0.25, 0.3) is 11.0 Å². The summed E-state index contributed by atoms with van der Waals surface area (Å²) in [4.78, 5) is 8.44. The number of nitrogens with zero attached hydrogens (tertiary/aromatic N) is 4. The Kier molecular flexibility index (Phi) is 2.53. The van der Waals surface area contributed by atoms with Crippen molar-refractivity contribution >= 4 is 16.9 Å². The zero-order chi connectivity index (χ0) is 11.8. The van der Waals surface area contributed by atoms with Gasteiger partial charge in [-0.3, -0.25) is 4.68 Å². The van der Waals surface area contributed by atoms with E-state index in [1.807, 2.05) is 7.05 Å². The van der Waals surface area contributed by atoms with E-state index in [4.69, 9.17) is 0 Å². The minimum atomic E-state index is 0.222. The molecule has 86 valence electrons. The van der Waals surface area contributed by atoms with E-state index in [0.29, 0.717) is 0 Å². The van der Waals surface area contributed by atoms with Gasteiger partial charge < -0.3 is 5.32 Å². The van der Waals surface area contributed by atoms with Gasteiger partial charge in [0, 0.05) is 13.6 Å². The Balaban J connectivity index is 2.31. The van der Waals surface area contributed by atoms with Gasteiger partial charge in [0.05, 0.1) is 11.6 Å². The fourth-order valence-corrected chi connectivity index (χ4v) is 1.45. The van der Waals surface area contributed by atoms with Gasteiger partial charge in [-0.25, -0.2) is 9.97 Å². The monoisotopic (exact) mass is 219 g/mol. The highest BCUT2D eigenvalue weighted by molar-refractivity contribution is 5.85. The van der Waals surface area contributed by atoms with Crippen molar-refractivity contribution in [3.05, 3.63) is 12.5 Å². The minimum Gasteiger partial charge on any atom is -0.369 e. The maximum Gasteiger partial charge on any atom is 0.163 e. The molecule has 0 radical (unpaired) electrons. The molecule has 2 aromatic heterocycles. The number of rotatable bonds is 2. The Hall–Kier alpha value is -1.65. The van der Waals surface area contributed by atoms with Crippen LogP contribution in [0.3, 0.4) is 0 Å². The van der Waals surface area contributed by atoms with Crippen molar-refractivity contribution < 1.29 is 0 Å². The summed E-state index contributed by atoms with van der Waals surface area (Å²) in [7, 11) is 1.88. The number of hydrogen-bond donors (Lipinski definition) is 1. The molecule has 0 aliphatic carbocycles. The van der Waals surface area contributed by atoms with Crippen LogP contribution in [0.4, 0.5) is 5.82 Å². The molecule has 0 fully saturated rings. The predicted octanol–water partition coefficient (Wildman–Crippen LogP) is 1.82. The van der Waals surface area contributed by atoms with Crippen molar-refractivity contribution in [2.24, 2.45) is 12.5 Å². The topological polar surface area (TPSA) is 55.6 Å². The number of anilines is 1. The molecule has 16 heavy (non-hydrogen) atoms. The summed E-state index contributed by atoms with van der Waals surface area (Å²) in [6.45, 7) is 7.42. The van der Waals surface area contributed by atoms with E-state index in [0.717, 1.165) is 23.4 Å². The van der Waals surface area contributed by atoms with Crippen molar-refractivity contribution in [1.82, 2.24) is 19.7 Å². The molecule has 0 atom stereocenters. The first-order valence-corrected chi connectivity index (χ1v) is 5.34. The van der Waals surface area contributed by atoms with E-state index in [-0.39, 0.29) is 5.41 Å². The molecule has 1 N–H and O–H groups in total. The molecule has 5 heteroatoms. The van der Waals surface area contributed by atoms with Gasteiger partial charge >= 0.3 is 0 Å². The minimum absolute atomic E-state index is 0.222. The van der Waals surface area contributed by atoms with E-state index in [9.17, 15) is 0 Å². The number of hydrogen-bond acceptors (Lipinski definition) is 4. The van der Waals surface area contributed by atoms with Gasteiger partial charge in [-0.2, -0.15) is 5.10 Å². The molecule has 0 aliphatic rings. The molecule has 2 aromatic rings. The zero-order valence-electron chi connectivity index (χ0n) is 10.2. The summed E-state index contributed by atoms with van der Waals surface area (Å²) in [6, 6.07) is 0. The van der Waals surface area contributed by atoms with E-state index in [2.05, 4.69) is 41.2 Å². The molecule has 0 unspecified atom stereocenters. The number of fused-ring (bicyclic) bond motifs is 1. The van der Waals surface area contributed by atoms with Crippen molar-refractivity contribution in [1.29, 1.82) is 0 Å². The van der Waals surface area contributed by atoms with E-state index in [1.54, 1.807) is 17.2 Å². The van der Waals surface area contributed by atoms with Crippen LogP contribution in [0, 0.1) is 5.41 Å². The predicted molar refractivity (Wildman–Crippen MR) is 64.2 cm³/mol. The Labute approximate surface area is 94.9 Å². The Morgan fingerprint density at radius 3 is 2.75 bits per heavy atom. The second-order valence-corrected chi connectivity index (χ2v) is 5.14. The summed E-state index contributed by atoms with van der Waals surface area (Å²) < 4.78 is 1.75. The molecule has 0 aliphatic heterocycles. The molecule has 0 saturated carbocycles. The molecular weight excluding hydrogens is 202 g/mol. The summed E-state index contributed by atoms with van der Waals surface area (Å²) in [5.41, 5.74) is 1.07. The average molecular weight is 219 g/mol. The molecule has 2 rings (SSSR count). The third kappa shape index (κ3) is 2.13. The average Bonchev–Trinajstić information content (AvgIpc) is 2.57. The lowest BCUT2D eigenvalue weighted by Crippen LogP contribution is -2.19. The van der Waals surface area contributed by atoms with Crippen LogP contribution in [-0.4, -0.2) is 26.3 Å². The highest BCUT2D eigenvalue weighted by Crippen LogP contribution is 2.20. The third-order valence-electron chi connectivity index (χ3n) is 2.32. The van der Waals surface area contributed by atoms with Crippen LogP contribution in [0.5, 0.6) is 0 Å². The van der Waals surface area contributed by atoms with Gasteiger partial charge in [-0.1, -0.05) is 20.8 Å². The van der Waals surface area contributed by atoms with Gasteiger partial charge in [0.2, 0.25) is 0 Å². The lowest BCUT2D eigenvalue weighted by molar-refractivity contribution is 0.442. The van der Waals surface area contributed by atoms with Crippen LogP contribution < -0.4 is 5.32 Å². The lowest BCUT2D eigenvalue weighted by atomic mass is 9.97. The second-order valence-electron chi connectivity index (χ2n) is 5.14. The fraction of sp³-hybridized carbons (Fsp3) is 0.545. The number of aromatic nitrogens is 4. The number of nitrogens with one attached hydrogen (secondary N) is 1. The highest BCUT2D eigenvalue weighted by Gasteiger charge is 2.12. The standard InChI is InChI=1S/C11H17N5/c1-11(2,3)6-12-9-8-5-15-16(4)10(8)14-7-13-9/h5,7H,6H2,1-4H3,(H,12,13,14). The maximum atomic E-state index is 4.25. The Morgan fingerprint density at radius 1 is 1.31 bits per heavy atom. The van der Waals surface area contributed by atoms with Gasteiger partial charge in [0.1, 0.15) is 12.1 Å². The summed E-state index contributed by atoms with van der Waals surface area (Å²) >= 11 is 0. The molecule has 2 heterocycles. The molecule has 0 saturated heterocycles. The molecule has 0 spiro atoms. The quantitative estimate of drug-likeness (QED) is 0.837. The van der Waals surface area contributed by atoms with Gasteiger partial charge in [0.15, 0.2) is 5.65 Å². The summed E-state index contributed by atoms with van der Waals surface area (Å²) in [6.07, 6.45) is 3.36. The van der Waals surface area contributed by atoms with Crippen molar-refractivity contribution in [3.63, 3.8) is 0 Å². The third-order valence-corrected chi connectivity index (χ3v) is 2.32. The summed E-state index contributed by atoms with van der Waals surface area (Å²) in [5.74, 6) is 0.855. The van der Waals surface area contributed by atoms with Crippen molar-refractivity contribution in [2.75, 3.05) is 11.9 Å². The lowest BCUT2D eigenvalue weighted by Gasteiger charge is -2.19. The molecule has 0 amide bonds. The van der Waals surface area contributed by atoms with Crippen LogP contribution in [0.1, 0.15) is 20.8 Å². The first-order chi connectivity index (χ1) is 7.47. The Morgan fingerprint density at radius 2 is 2.06 bits per heavy atom. The molecule has 0 aromatic carbocycles. The van der Waals surface area contributed by atoms with Crippen molar-refractivity contribution in [2.45, 2.75) is 20.8 Å².